The van der Waals surface area contributed by atoms with Crippen LogP contribution in [0.2, 0.25) is 0 Å². The second-order valence-electron chi connectivity index (χ2n) is 9.04. The minimum atomic E-state index is -0.542. The van der Waals surface area contributed by atoms with E-state index in [2.05, 4.69) is 20.6 Å². The molecule has 0 fully saturated rings. The number of nitrogens with zero attached hydrogens (tertiary/aromatic N) is 4. The van der Waals surface area contributed by atoms with E-state index in [4.69, 9.17) is 9.84 Å². The van der Waals surface area contributed by atoms with E-state index in [-0.39, 0.29) is 12.5 Å². The van der Waals surface area contributed by atoms with Crippen LogP contribution in [0.5, 0.6) is 0 Å². The lowest BCUT2D eigenvalue weighted by molar-refractivity contribution is -0.114. The van der Waals surface area contributed by atoms with E-state index >= 15 is 0 Å². The number of ether oxygens (including phenoxy) is 1. The Balaban J connectivity index is 1.36. The summed E-state index contributed by atoms with van der Waals surface area (Å²) in [6.45, 7) is 1.65. The van der Waals surface area contributed by atoms with Gasteiger partial charge in [-0.25, -0.2) is 14.5 Å². The Labute approximate surface area is 228 Å². The third kappa shape index (κ3) is 5.14. The van der Waals surface area contributed by atoms with Gasteiger partial charge in [-0.15, -0.1) is 0 Å². The molecule has 10 heteroatoms. The van der Waals surface area contributed by atoms with Crippen molar-refractivity contribution in [3.05, 3.63) is 95.9 Å². The largest absolute Gasteiger partial charge is 0.444 e. The van der Waals surface area contributed by atoms with Crippen molar-refractivity contribution in [2.75, 3.05) is 10.6 Å². The Morgan fingerprint density at radius 2 is 1.90 bits per heavy atom. The van der Waals surface area contributed by atoms with Crippen molar-refractivity contribution >= 4 is 34.2 Å². The summed E-state index contributed by atoms with van der Waals surface area (Å²) in [7, 11) is 0. The minimum Gasteiger partial charge on any atom is -0.444 e. The van der Waals surface area contributed by atoms with Gasteiger partial charge in [0.1, 0.15) is 6.61 Å². The Hall–Kier alpha value is -4.83. The van der Waals surface area contributed by atoms with Crippen LogP contribution in [0.25, 0.3) is 27.5 Å². The normalized spacial score (nSPS) is 11.8. The van der Waals surface area contributed by atoms with Crippen LogP contribution in [0.1, 0.15) is 23.7 Å². The topological polar surface area (TPSA) is 111 Å². The molecule has 0 radical (unpaired) electrons. The zero-order valence-corrected chi connectivity index (χ0v) is 21.9. The summed E-state index contributed by atoms with van der Waals surface area (Å²) < 4.78 is 7.27. The molecule has 6 rings (SSSR count). The van der Waals surface area contributed by atoms with E-state index in [0.29, 0.717) is 10.8 Å². The molecule has 0 saturated carbocycles. The van der Waals surface area contributed by atoms with Gasteiger partial charge in [0.05, 0.1) is 27.6 Å². The smallest absolute Gasteiger partial charge is 0.411 e. The summed E-state index contributed by atoms with van der Waals surface area (Å²) in [6.07, 6.45) is 4.49. The molecule has 0 bridgehead atoms. The third-order valence-electron chi connectivity index (χ3n) is 6.28. The van der Waals surface area contributed by atoms with Gasteiger partial charge in [-0.05, 0) is 48.7 Å². The molecule has 3 heterocycles. The molecular weight excluding hydrogens is 512 g/mol. The van der Waals surface area contributed by atoms with Crippen molar-refractivity contribution in [1.82, 2.24) is 19.7 Å². The highest BCUT2D eigenvalue weighted by molar-refractivity contribution is 7.19. The van der Waals surface area contributed by atoms with Crippen molar-refractivity contribution in [3.8, 4) is 27.5 Å². The number of fused-ring (bicyclic) bond motifs is 3. The van der Waals surface area contributed by atoms with Crippen LogP contribution >= 0.6 is 11.3 Å². The number of thiazole rings is 1. The van der Waals surface area contributed by atoms with Gasteiger partial charge in [0.2, 0.25) is 5.91 Å². The van der Waals surface area contributed by atoms with Gasteiger partial charge in [-0.1, -0.05) is 47.7 Å². The molecule has 2 aromatic carbocycles. The number of hydrogen-bond acceptors (Lipinski definition) is 7. The standard InChI is InChI=1S/C29H24N6O3S/c1-18(36)31-28-33-24-13-12-23-25(20-9-6-14-30-16-20)34-35(26(23)27(24)39-28)22-11-5-10-21(15-22)32-29(37)38-17-19-7-3-2-4-8-19/h2-11,14-16H,12-13,17H2,1H3,(H,32,37)(H,31,33,36). The summed E-state index contributed by atoms with van der Waals surface area (Å²) >= 11 is 1.43. The first-order chi connectivity index (χ1) is 19.0. The second-order valence-corrected chi connectivity index (χ2v) is 10.0. The molecular formula is C29H24N6O3S. The molecule has 1 aliphatic carbocycles. The lowest BCUT2D eigenvalue weighted by Crippen LogP contribution is -2.14. The lowest BCUT2D eigenvalue weighted by atomic mass is 9.95. The van der Waals surface area contributed by atoms with Gasteiger partial charge in [0, 0.05) is 36.1 Å². The molecule has 0 unspecified atom stereocenters. The molecule has 1 aliphatic rings. The molecule has 0 spiro atoms. The van der Waals surface area contributed by atoms with Crippen molar-refractivity contribution < 1.29 is 14.3 Å². The monoisotopic (exact) mass is 536 g/mol. The first-order valence-corrected chi connectivity index (χ1v) is 13.2. The van der Waals surface area contributed by atoms with Crippen molar-refractivity contribution in [1.29, 1.82) is 0 Å². The third-order valence-corrected chi connectivity index (χ3v) is 7.30. The molecule has 3 aromatic heterocycles. The molecule has 39 heavy (non-hydrogen) atoms. The predicted octanol–water partition coefficient (Wildman–Crippen LogP) is 5.86. The van der Waals surface area contributed by atoms with E-state index in [1.807, 2.05) is 65.3 Å². The SMILES string of the molecule is CC(=O)Nc1nc2c(s1)-c1c(c(-c3cccnc3)nn1-c1cccc(NC(=O)OCc3ccccc3)c1)CC2. The second kappa shape index (κ2) is 10.5. The number of nitrogens with one attached hydrogen (secondary N) is 2. The van der Waals surface area contributed by atoms with Crippen LogP contribution in [-0.4, -0.2) is 31.7 Å². The molecule has 2 amide bonds. The first-order valence-electron chi connectivity index (χ1n) is 12.4. The molecule has 2 N–H and O–H groups in total. The molecule has 9 nitrogen and oxygen atoms in total. The zero-order chi connectivity index (χ0) is 26.8. The Morgan fingerprint density at radius 3 is 2.69 bits per heavy atom. The Morgan fingerprint density at radius 1 is 1.03 bits per heavy atom. The molecule has 0 atom stereocenters. The number of pyridine rings is 1. The average molecular weight is 537 g/mol. The predicted molar refractivity (Wildman–Crippen MR) is 150 cm³/mol. The number of anilines is 2. The van der Waals surface area contributed by atoms with Gasteiger partial charge < -0.3 is 10.1 Å². The van der Waals surface area contributed by atoms with Gasteiger partial charge >= 0.3 is 6.09 Å². The Bertz CT molecular complexity index is 1660. The van der Waals surface area contributed by atoms with Crippen LogP contribution < -0.4 is 10.6 Å². The number of amides is 2. The summed E-state index contributed by atoms with van der Waals surface area (Å²) in [5.74, 6) is -0.163. The quantitative estimate of drug-likeness (QED) is 0.281. The number of carbonyl (C=O) groups excluding carboxylic acids is 2. The highest BCUT2D eigenvalue weighted by atomic mass is 32.1. The molecule has 5 aromatic rings. The van der Waals surface area contributed by atoms with Crippen molar-refractivity contribution in [2.24, 2.45) is 0 Å². The van der Waals surface area contributed by atoms with Gasteiger partial charge in [0.15, 0.2) is 5.13 Å². The van der Waals surface area contributed by atoms with E-state index in [1.54, 1.807) is 18.5 Å². The first kappa shape index (κ1) is 24.5. The summed E-state index contributed by atoms with van der Waals surface area (Å²) in [5, 5.41) is 11.2. The fraction of sp³-hybridized carbons (Fsp3) is 0.138. The highest BCUT2D eigenvalue weighted by Gasteiger charge is 2.30. The van der Waals surface area contributed by atoms with E-state index in [0.717, 1.165) is 57.2 Å². The number of carbonyl (C=O) groups is 2. The zero-order valence-electron chi connectivity index (χ0n) is 21.0. The van der Waals surface area contributed by atoms with Gasteiger partial charge in [-0.2, -0.15) is 5.10 Å². The maximum atomic E-state index is 12.5. The number of aryl methyl sites for hydroxylation is 1. The van der Waals surface area contributed by atoms with E-state index in [9.17, 15) is 9.59 Å². The maximum Gasteiger partial charge on any atom is 0.411 e. The van der Waals surface area contributed by atoms with Crippen molar-refractivity contribution in [2.45, 2.75) is 26.4 Å². The van der Waals surface area contributed by atoms with Crippen LogP contribution in [0, 0.1) is 0 Å². The summed E-state index contributed by atoms with van der Waals surface area (Å²) in [6, 6.07) is 20.9. The minimum absolute atomic E-state index is 0.163. The van der Waals surface area contributed by atoms with E-state index < -0.39 is 6.09 Å². The fourth-order valence-electron chi connectivity index (χ4n) is 4.59. The van der Waals surface area contributed by atoms with Crippen LogP contribution in [0.3, 0.4) is 0 Å². The fourth-order valence-corrected chi connectivity index (χ4v) is 5.70. The average Bonchev–Trinajstić information content (AvgIpc) is 3.54. The van der Waals surface area contributed by atoms with Crippen molar-refractivity contribution in [3.63, 3.8) is 0 Å². The summed E-state index contributed by atoms with van der Waals surface area (Å²) in [4.78, 5) is 34.1. The highest BCUT2D eigenvalue weighted by Crippen LogP contribution is 2.44. The number of aromatic nitrogens is 4. The number of rotatable bonds is 6. The summed E-state index contributed by atoms with van der Waals surface area (Å²) in [5.41, 5.74) is 6.96. The maximum absolute atomic E-state index is 12.5. The van der Waals surface area contributed by atoms with Gasteiger partial charge in [-0.3, -0.25) is 15.1 Å². The van der Waals surface area contributed by atoms with E-state index in [1.165, 1.54) is 18.3 Å². The lowest BCUT2D eigenvalue weighted by Gasteiger charge is -2.15. The number of benzene rings is 2. The molecule has 194 valence electrons. The molecule has 0 aliphatic heterocycles. The van der Waals surface area contributed by atoms with Crippen LogP contribution in [-0.2, 0) is 29.0 Å². The Kier molecular flexibility index (Phi) is 6.60. The van der Waals surface area contributed by atoms with Gasteiger partial charge in [0.25, 0.3) is 0 Å². The van der Waals surface area contributed by atoms with Crippen LogP contribution in [0.4, 0.5) is 15.6 Å². The molecule has 0 saturated heterocycles. The van der Waals surface area contributed by atoms with Crippen LogP contribution in [0.15, 0.2) is 79.1 Å². The number of hydrogen-bond donors (Lipinski definition) is 2.